The Morgan fingerprint density at radius 2 is 2.17 bits per heavy atom. The number of benzene rings is 1. The second-order valence-electron chi connectivity index (χ2n) is 8.44. The summed E-state index contributed by atoms with van der Waals surface area (Å²) in [5.41, 5.74) is 6.51. The first-order chi connectivity index (χ1) is 15.4. The maximum Gasteiger partial charge on any atom is 0.241 e. The minimum Gasteiger partial charge on any atom is -0.381 e. The molecule has 2 aromatic heterocycles. The molecule has 9 heteroatoms. The Kier molecular flexibility index (Phi) is 3.18. The van der Waals surface area contributed by atoms with Gasteiger partial charge in [-0.15, -0.1) is 0 Å². The average Bonchev–Trinajstić information content (AvgIpc) is 3.38. The summed E-state index contributed by atoms with van der Waals surface area (Å²) in [5.74, 6) is 0.188. The van der Waals surface area contributed by atoms with E-state index < -0.39 is 27.8 Å². The molecular formula is C21H22N6O2S. The first-order valence-corrected chi connectivity index (χ1v) is 11.1. The third-order valence-corrected chi connectivity index (χ3v) is 7.82. The molecule has 30 heavy (non-hydrogen) atoms. The van der Waals surface area contributed by atoms with Gasteiger partial charge in [-0.2, -0.15) is 5.26 Å². The largest absolute Gasteiger partial charge is 0.381 e. The van der Waals surface area contributed by atoms with E-state index in [4.69, 9.17) is 9.85 Å². The molecule has 2 bridgehead atoms. The molecule has 0 aliphatic heterocycles. The fourth-order valence-electron chi connectivity index (χ4n) is 4.92. The molecule has 3 N–H and O–H groups in total. The van der Waals surface area contributed by atoms with E-state index in [0.29, 0.717) is 42.7 Å². The molecule has 0 spiro atoms. The van der Waals surface area contributed by atoms with Crippen molar-refractivity contribution in [3.8, 4) is 17.3 Å². The van der Waals surface area contributed by atoms with Crippen molar-refractivity contribution in [2.24, 2.45) is 5.41 Å². The minimum atomic E-state index is -3.95. The molecule has 3 saturated carbocycles. The van der Waals surface area contributed by atoms with Crippen LogP contribution in [0.5, 0.6) is 0 Å². The van der Waals surface area contributed by atoms with Crippen molar-refractivity contribution < 1.29 is 12.5 Å². The van der Waals surface area contributed by atoms with Crippen molar-refractivity contribution >= 4 is 21.5 Å². The third-order valence-electron chi connectivity index (χ3n) is 6.24. The van der Waals surface area contributed by atoms with E-state index in [1.165, 1.54) is 24.4 Å². The first kappa shape index (κ1) is 15.8. The van der Waals surface area contributed by atoms with Crippen LogP contribution in [-0.4, -0.2) is 28.3 Å². The molecule has 154 valence electrons. The molecule has 0 unspecified atom stereocenters. The van der Waals surface area contributed by atoms with E-state index in [1.54, 1.807) is 17.5 Å². The summed E-state index contributed by atoms with van der Waals surface area (Å²) >= 11 is 0. The zero-order valence-electron chi connectivity index (χ0n) is 19.3. The molecule has 0 atom stereocenters. The van der Waals surface area contributed by atoms with Gasteiger partial charge in [0.2, 0.25) is 10.0 Å². The van der Waals surface area contributed by atoms with Gasteiger partial charge in [-0.1, -0.05) is 6.07 Å². The standard InChI is InChI=1S/C21H22N6O2S/c1-13-3-4-15(30(28,29)26-21-6-5-20(10-21,11-21)12-22)7-16(13)17-8-24-19-18(23)25-14(2)9-27(17)19/h3-4,7-9,26H,5-6,10-11H2,1-2H3,(H2,23,25)/i1D3. The van der Waals surface area contributed by atoms with Gasteiger partial charge in [0.25, 0.3) is 0 Å². The Bertz CT molecular complexity index is 1450. The van der Waals surface area contributed by atoms with Crippen molar-refractivity contribution in [1.29, 1.82) is 5.26 Å². The number of nitrogens with one attached hydrogen (secondary N) is 1. The van der Waals surface area contributed by atoms with E-state index in [0.717, 1.165) is 0 Å². The van der Waals surface area contributed by atoms with Crippen molar-refractivity contribution in [1.82, 2.24) is 19.1 Å². The lowest BCUT2D eigenvalue weighted by atomic mass is 9.66. The predicted molar refractivity (Wildman–Crippen MR) is 112 cm³/mol. The average molecular weight is 426 g/mol. The Morgan fingerprint density at radius 3 is 2.87 bits per heavy atom. The lowest BCUT2D eigenvalue weighted by Gasteiger charge is -2.43. The van der Waals surface area contributed by atoms with Crippen LogP contribution in [-0.2, 0) is 10.0 Å². The Morgan fingerprint density at radius 1 is 1.37 bits per heavy atom. The number of nitrogen functional groups attached to an aromatic ring is 1. The number of aryl methyl sites for hydroxylation is 2. The van der Waals surface area contributed by atoms with Gasteiger partial charge in [0.05, 0.1) is 34.0 Å². The quantitative estimate of drug-likeness (QED) is 0.662. The number of imidazole rings is 1. The molecule has 3 aromatic rings. The predicted octanol–water partition coefficient (Wildman–Crippen LogP) is 2.71. The number of anilines is 1. The maximum absolute atomic E-state index is 13.3. The Hall–Kier alpha value is -2.96. The van der Waals surface area contributed by atoms with Crippen LogP contribution < -0.4 is 10.5 Å². The van der Waals surface area contributed by atoms with E-state index in [9.17, 15) is 13.7 Å². The molecule has 0 saturated heterocycles. The van der Waals surface area contributed by atoms with Crippen molar-refractivity contribution in [3.63, 3.8) is 0 Å². The lowest BCUT2D eigenvalue weighted by Crippen LogP contribution is -2.55. The summed E-state index contributed by atoms with van der Waals surface area (Å²) in [7, 11) is -3.95. The monoisotopic (exact) mass is 425 g/mol. The number of fused-ring (bicyclic) bond motifs is 2. The van der Waals surface area contributed by atoms with Crippen LogP contribution in [0.2, 0.25) is 0 Å². The molecule has 3 aliphatic carbocycles. The van der Waals surface area contributed by atoms with Crippen LogP contribution in [0.3, 0.4) is 0 Å². The molecule has 6 rings (SSSR count). The fraction of sp³-hybridized carbons (Fsp3) is 0.381. The smallest absolute Gasteiger partial charge is 0.241 e. The Balaban J connectivity index is 1.62. The number of rotatable bonds is 4. The van der Waals surface area contributed by atoms with Gasteiger partial charge in [0.15, 0.2) is 11.5 Å². The molecule has 1 aromatic carbocycles. The number of aromatic nitrogens is 3. The summed E-state index contributed by atoms with van der Waals surface area (Å²) < 4.78 is 54.9. The van der Waals surface area contributed by atoms with Crippen LogP contribution in [0.1, 0.15) is 41.1 Å². The first-order valence-electron chi connectivity index (χ1n) is 11.1. The highest BCUT2D eigenvalue weighted by molar-refractivity contribution is 7.89. The molecule has 3 aliphatic rings. The number of nitriles is 1. The summed E-state index contributed by atoms with van der Waals surface area (Å²) in [5, 5.41) is 9.37. The van der Waals surface area contributed by atoms with Crippen molar-refractivity contribution in [2.75, 3.05) is 5.73 Å². The highest BCUT2D eigenvalue weighted by atomic mass is 32.2. The van der Waals surface area contributed by atoms with Gasteiger partial charge >= 0.3 is 0 Å². The van der Waals surface area contributed by atoms with Crippen molar-refractivity contribution in [3.05, 3.63) is 41.9 Å². The number of nitrogens with zero attached hydrogens (tertiary/aromatic N) is 4. The number of hydrogen-bond acceptors (Lipinski definition) is 6. The zero-order valence-corrected chi connectivity index (χ0v) is 17.1. The summed E-state index contributed by atoms with van der Waals surface area (Å²) in [6.45, 7) is -0.733. The number of sulfonamides is 1. The topological polar surface area (TPSA) is 126 Å². The molecule has 8 nitrogen and oxygen atoms in total. The summed E-state index contributed by atoms with van der Waals surface area (Å²) in [4.78, 5) is 8.39. The zero-order chi connectivity index (χ0) is 23.8. The molecule has 0 radical (unpaired) electrons. The van der Waals surface area contributed by atoms with Gasteiger partial charge in [-0.25, -0.2) is 23.1 Å². The van der Waals surface area contributed by atoms with E-state index in [-0.39, 0.29) is 21.8 Å². The van der Waals surface area contributed by atoms with Gasteiger partial charge in [-0.05, 0) is 57.2 Å². The highest BCUT2D eigenvalue weighted by Gasteiger charge is 2.62. The maximum atomic E-state index is 13.3. The van der Waals surface area contributed by atoms with E-state index >= 15 is 0 Å². The third kappa shape index (κ3) is 2.71. The van der Waals surface area contributed by atoms with Gasteiger partial charge in [-0.3, -0.25) is 4.40 Å². The highest BCUT2D eigenvalue weighted by Crippen LogP contribution is 2.61. The fourth-order valence-corrected chi connectivity index (χ4v) is 6.37. The van der Waals surface area contributed by atoms with E-state index in [2.05, 4.69) is 20.8 Å². The van der Waals surface area contributed by atoms with Crippen LogP contribution in [0.25, 0.3) is 16.9 Å². The van der Waals surface area contributed by atoms with Crippen molar-refractivity contribution in [2.45, 2.75) is 49.9 Å². The summed E-state index contributed by atoms with van der Waals surface area (Å²) in [6.07, 6.45) is 5.41. The Labute approximate surface area is 179 Å². The molecule has 2 heterocycles. The summed E-state index contributed by atoms with van der Waals surface area (Å²) in [6, 6.07) is 6.30. The van der Waals surface area contributed by atoms with E-state index in [1.807, 2.05) is 0 Å². The van der Waals surface area contributed by atoms with Gasteiger partial charge in [0, 0.05) is 21.4 Å². The normalized spacial score (nSPS) is 27.1. The number of hydrogen-bond donors (Lipinski definition) is 2. The number of nitrogens with two attached hydrogens (primary N) is 1. The van der Waals surface area contributed by atoms with Gasteiger partial charge in [0.1, 0.15) is 0 Å². The molecule has 0 amide bonds. The molecular weight excluding hydrogens is 400 g/mol. The second-order valence-corrected chi connectivity index (χ2v) is 10.1. The lowest BCUT2D eigenvalue weighted by molar-refractivity contribution is 0.161. The molecule has 3 fully saturated rings. The van der Waals surface area contributed by atoms with Crippen LogP contribution in [0.15, 0.2) is 35.5 Å². The van der Waals surface area contributed by atoms with Crippen LogP contribution >= 0.6 is 0 Å². The van der Waals surface area contributed by atoms with Crippen LogP contribution in [0.4, 0.5) is 5.82 Å². The SMILES string of the molecule is [2H]C([2H])([2H])c1ccc(S(=O)(=O)NC23CCC(C#N)(C2)C3)cc1-c1cnc2c(N)nc(C)cn12. The van der Waals surface area contributed by atoms with Gasteiger partial charge < -0.3 is 5.73 Å². The second kappa shape index (κ2) is 6.03. The van der Waals surface area contributed by atoms with Crippen LogP contribution in [0, 0.1) is 30.5 Å². The minimum absolute atomic E-state index is 0.00228.